The Kier molecular flexibility index (Phi) is 5.55. The first-order valence-electron chi connectivity index (χ1n) is 7.05. The largest absolute Gasteiger partial charge is 0.467 e. The van der Waals surface area contributed by atoms with Crippen molar-refractivity contribution in [3.63, 3.8) is 0 Å². The van der Waals surface area contributed by atoms with Gasteiger partial charge in [0.2, 0.25) is 0 Å². The molecule has 0 spiro atoms. The van der Waals surface area contributed by atoms with Gasteiger partial charge in [0.1, 0.15) is 17.7 Å². The van der Waals surface area contributed by atoms with Crippen LogP contribution in [-0.4, -0.2) is 17.2 Å². The van der Waals surface area contributed by atoms with Crippen LogP contribution in [0.3, 0.4) is 0 Å². The molecule has 2 atom stereocenters. The number of halogens is 1. The number of urea groups is 1. The predicted molar refractivity (Wildman–Crippen MR) is 79.5 cm³/mol. The Bertz CT molecular complexity index is 601. The SMILES string of the molecule is CC(CC(O)c1ccco1)NC(=O)NCc1cccc(F)c1. The molecule has 0 fully saturated rings. The number of aliphatic hydroxyl groups excluding tert-OH is 1. The molecule has 2 aromatic rings. The summed E-state index contributed by atoms with van der Waals surface area (Å²) >= 11 is 0. The second-order valence-electron chi connectivity index (χ2n) is 5.12. The van der Waals surface area contributed by atoms with Crippen LogP contribution < -0.4 is 10.6 Å². The summed E-state index contributed by atoms with van der Waals surface area (Å²) in [6, 6.07) is 8.80. The third kappa shape index (κ3) is 4.89. The van der Waals surface area contributed by atoms with Gasteiger partial charge in [-0.1, -0.05) is 12.1 Å². The molecule has 2 unspecified atom stereocenters. The Morgan fingerprint density at radius 1 is 1.36 bits per heavy atom. The first-order valence-corrected chi connectivity index (χ1v) is 7.05. The number of hydrogen-bond donors (Lipinski definition) is 3. The fourth-order valence-corrected chi connectivity index (χ4v) is 2.09. The van der Waals surface area contributed by atoms with E-state index in [0.29, 0.717) is 17.7 Å². The minimum Gasteiger partial charge on any atom is -0.467 e. The molecule has 22 heavy (non-hydrogen) atoms. The van der Waals surface area contributed by atoms with E-state index in [0.717, 1.165) is 0 Å². The Hall–Kier alpha value is -2.34. The highest BCUT2D eigenvalue weighted by Crippen LogP contribution is 2.18. The highest BCUT2D eigenvalue weighted by molar-refractivity contribution is 5.74. The molecule has 5 nitrogen and oxygen atoms in total. The Balaban J connectivity index is 1.74. The van der Waals surface area contributed by atoms with Gasteiger partial charge < -0.3 is 20.2 Å². The molecule has 0 aliphatic rings. The number of benzene rings is 1. The summed E-state index contributed by atoms with van der Waals surface area (Å²) < 4.78 is 18.1. The number of rotatable bonds is 6. The Labute approximate surface area is 128 Å². The maximum atomic E-state index is 13.0. The molecule has 118 valence electrons. The van der Waals surface area contributed by atoms with E-state index in [1.165, 1.54) is 18.4 Å². The first kappa shape index (κ1) is 16.0. The number of carbonyl (C=O) groups is 1. The number of amides is 2. The van der Waals surface area contributed by atoms with Crippen molar-refractivity contribution in [3.8, 4) is 0 Å². The van der Waals surface area contributed by atoms with E-state index in [9.17, 15) is 14.3 Å². The molecule has 0 aliphatic carbocycles. The van der Waals surface area contributed by atoms with Crippen molar-refractivity contribution in [2.24, 2.45) is 0 Å². The fraction of sp³-hybridized carbons (Fsp3) is 0.312. The fourth-order valence-electron chi connectivity index (χ4n) is 2.09. The smallest absolute Gasteiger partial charge is 0.315 e. The molecular weight excluding hydrogens is 287 g/mol. The third-order valence-electron chi connectivity index (χ3n) is 3.17. The maximum Gasteiger partial charge on any atom is 0.315 e. The summed E-state index contributed by atoms with van der Waals surface area (Å²) in [6.07, 6.45) is 1.05. The van der Waals surface area contributed by atoms with E-state index in [2.05, 4.69) is 10.6 Å². The van der Waals surface area contributed by atoms with Gasteiger partial charge in [-0.25, -0.2) is 9.18 Å². The topological polar surface area (TPSA) is 74.5 Å². The molecule has 0 bridgehead atoms. The molecule has 0 saturated carbocycles. The maximum absolute atomic E-state index is 13.0. The molecule has 3 N–H and O–H groups in total. The second kappa shape index (κ2) is 7.61. The molecular formula is C16H19FN2O3. The van der Waals surface area contributed by atoms with E-state index in [1.54, 1.807) is 31.2 Å². The van der Waals surface area contributed by atoms with Crippen molar-refractivity contribution in [1.82, 2.24) is 10.6 Å². The standard InChI is InChI=1S/C16H19FN2O3/c1-11(8-14(20)15-6-3-7-22-15)19-16(21)18-10-12-4-2-5-13(17)9-12/h2-7,9,11,14,20H,8,10H2,1H3,(H2,18,19,21). The minimum atomic E-state index is -0.770. The number of nitrogens with one attached hydrogen (secondary N) is 2. The van der Waals surface area contributed by atoms with Crippen LogP contribution in [0.25, 0.3) is 0 Å². The van der Waals surface area contributed by atoms with Crippen LogP contribution in [0, 0.1) is 5.82 Å². The summed E-state index contributed by atoms with van der Waals surface area (Å²) in [4.78, 5) is 11.8. The van der Waals surface area contributed by atoms with Crippen LogP contribution in [0.5, 0.6) is 0 Å². The van der Waals surface area contributed by atoms with Gasteiger partial charge in [-0.2, -0.15) is 0 Å². The average molecular weight is 306 g/mol. The highest BCUT2D eigenvalue weighted by Gasteiger charge is 2.16. The molecule has 0 aliphatic heterocycles. The van der Waals surface area contributed by atoms with Crippen molar-refractivity contribution in [3.05, 3.63) is 59.8 Å². The van der Waals surface area contributed by atoms with Gasteiger partial charge >= 0.3 is 6.03 Å². The third-order valence-corrected chi connectivity index (χ3v) is 3.17. The molecule has 1 aromatic heterocycles. The van der Waals surface area contributed by atoms with Crippen LogP contribution in [0.15, 0.2) is 47.1 Å². The summed E-state index contributed by atoms with van der Waals surface area (Å²) in [6.45, 7) is 2.02. The average Bonchev–Trinajstić information content (AvgIpc) is 2.99. The lowest BCUT2D eigenvalue weighted by molar-refractivity contribution is 0.129. The molecule has 0 saturated heterocycles. The normalized spacial score (nSPS) is 13.4. The second-order valence-corrected chi connectivity index (χ2v) is 5.12. The molecule has 2 rings (SSSR count). The predicted octanol–water partition coefficient (Wildman–Crippen LogP) is 2.73. The van der Waals surface area contributed by atoms with Crippen LogP contribution in [0.4, 0.5) is 9.18 Å². The van der Waals surface area contributed by atoms with Gasteiger partial charge in [0.15, 0.2) is 0 Å². The van der Waals surface area contributed by atoms with Gasteiger partial charge in [0.05, 0.1) is 6.26 Å². The van der Waals surface area contributed by atoms with Crippen molar-refractivity contribution in [2.75, 3.05) is 0 Å². The van der Waals surface area contributed by atoms with E-state index >= 15 is 0 Å². The Morgan fingerprint density at radius 2 is 2.18 bits per heavy atom. The number of hydrogen-bond acceptors (Lipinski definition) is 3. The number of furan rings is 1. The quantitative estimate of drug-likeness (QED) is 0.768. The van der Waals surface area contributed by atoms with Crippen molar-refractivity contribution < 1.29 is 18.7 Å². The monoisotopic (exact) mass is 306 g/mol. The van der Waals surface area contributed by atoms with Crippen LogP contribution in [0.2, 0.25) is 0 Å². The van der Waals surface area contributed by atoms with E-state index < -0.39 is 6.10 Å². The lowest BCUT2D eigenvalue weighted by Gasteiger charge is -2.17. The van der Waals surface area contributed by atoms with Crippen LogP contribution in [0.1, 0.15) is 30.8 Å². The van der Waals surface area contributed by atoms with E-state index in [4.69, 9.17) is 4.42 Å². The van der Waals surface area contributed by atoms with Crippen molar-refractivity contribution in [2.45, 2.75) is 32.0 Å². The molecule has 6 heteroatoms. The first-order chi connectivity index (χ1) is 10.5. The van der Waals surface area contributed by atoms with E-state index in [1.807, 2.05) is 0 Å². The lowest BCUT2D eigenvalue weighted by atomic mass is 10.1. The molecule has 1 heterocycles. The van der Waals surface area contributed by atoms with E-state index in [-0.39, 0.29) is 24.4 Å². The Morgan fingerprint density at radius 3 is 2.86 bits per heavy atom. The summed E-state index contributed by atoms with van der Waals surface area (Å²) in [5.41, 5.74) is 0.679. The molecule has 1 aromatic carbocycles. The number of carbonyl (C=O) groups excluding carboxylic acids is 1. The van der Waals surface area contributed by atoms with Crippen LogP contribution >= 0.6 is 0 Å². The highest BCUT2D eigenvalue weighted by atomic mass is 19.1. The lowest BCUT2D eigenvalue weighted by Crippen LogP contribution is -2.41. The zero-order valence-electron chi connectivity index (χ0n) is 12.3. The summed E-state index contributed by atoms with van der Waals surface area (Å²) in [5.74, 6) is 0.128. The summed E-state index contributed by atoms with van der Waals surface area (Å²) in [7, 11) is 0. The van der Waals surface area contributed by atoms with Gasteiger partial charge in [-0.3, -0.25) is 0 Å². The zero-order valence-corrected chi connectivity index (χ0v) is 12.3. The zero-order chi connectivity index (χ0) is 15.9. The van der Waals surface area contributed by atoms with Gasteiger partial charge in [0, 0.05) is 19.0 Å². The van der Waals surface area contributed by atoms with Gasteiger partial charge in [-0.15, -0.1) is 0 Å². The van der Waals surface area contributed by atoms with Crippen molar-refractivity contribution in [1.29, 1.82) is 0 Å². The molecule has 2 amide bonds. The summed E-state index contributed by atoms with van der Waals surface area (Å²) in [5, 5.41) is 15.3. The number of aliphatic hydroxyl groups is 1. The van der Waals surface area contributed by atoms with Crippen LogP contribution in [-0.2, 0) is 6.54 Å². The van der Waals surface area contributed by atoms with Gasteiger partial charge in [-0.05, 0) is 36.8 Å². The minimum absolute atomic E-state index is 0.233. The van der Waals surface area contributed by atoms with Crippen molar-refractivity contribution >= 4 is 6.03 Å². The molecule has 0 radical (unpaired) electrons. The van der Waals surface area contributed by atoms with Gasteiger partial charge in [0.25, 0.3) is 0 Å².